The molecule has 1 heterocycles. The predicted octanol–water partition coefficient (Wildman–Crippen LogP) is 1.13. The van der Waals surface area contributed by atoms with Crippen molar-refractivity contribution in [3.8, 4) is 0 Å². The smallest absolute Gasteiger partial charge is 0.406 e. The maximum absolute atomic E-state index is 10.5. The van der Waals surface area contributed by atoms with E-state index in [0.29, 0.717) is 13.1 Å². The fourth-order valence-corrected chi connectivity index (χ4v) is 1.30. The SMILES string of the molecule is CC(=O)NCC1CCN1C=O.CCC.CCNC(=O)OC. The first-order chi connectivity index (χ1) is 9.96. The average Bonchev–Trinajstić information content (AvgIpc) is 2.39. The van der Waals surface area contributed by atoms with Gasteiger partial charge in [-0.05, 0) is 13.3 Å². The highest BCUT2D eigenvalue weighted by atomic mass is 16.5. The van der Waals surface area contributed by atoms with Crippen LogP contribution in [0, 0.1) is 0 Å². The van der Waals surface area contributed by atoms with Crippen LogP contribution in [0.4, 0.5) is 4.79 Å². The summed E-state index contributed by atoms with van der Waals surface area (Å²) in [6.07, 6.45) is 2.71. The van der Waals surface area contributed by atoms with E-state index in [0.717, 1.165) is 19.4 Å². The topological polar surface area (TPSA) is 87.7 Å². The Bertz CT molecular complexity index is 298. The first kappa shape index (κ1) is 21.5. The van der Waals surface area contributed by atoms with E-state index in [1.807, 2.05) is 6.92 Å². The first-order valence-corrected chi connectivity index (χ1v) is 7.23. The average molecular weight is 303 g/mol. The molecule has 0 aromatic rings. The summed E-state index contributed by atoms with van der Waals surface area (Å²) < 4.78 is 4.24. The van der Waals surface area contributed by atoms with Gasteiger partial charge in [-0.15, -0.1) is 0 Å². The summed E-state index contributed by atoms with van der Waals surface area (Å²) in [7, 11) is 1.34. The van der Waals surface area contributed by atoms with Crippen LogP contribution in [0.2, 0.25) is 0 Å². The second-order valence-corrected chi connectivity index (χ2v) is 4.45. The molecule has 21 heavy (non-hydrogen) atoms. The number of hydrogen-bond acceptors (Lipinski definition) is 4. The second-order valence-electron chi connectivity index (χ2n) is 4.45. The van der Waals surface area contributed by atoms with Gasteiger partial charge in [-0.2, -0.15) is 0 Å². The lowest BCUT2D eigenvalue weighted by Gasteiger charge is -2.37. The highest BCUT2D eigenvalue weighted by Crippen LogP contribution is 2.12. The fraction of sp³-hybridized carbons (Fsp3) is 0.786. The third-order valence-electron chi connectivity index (χ3n) is 2.42. The van der Waals surface area contributed by atoms with Crippen LogP contribution in [-0.4, -0.2) is 56.1 Å². The van der Waals surface area contributed by atoms with Crippen molar-refractivity contribution < 1.29 is 19.1 Å². The van der Waals surface area contributed by atoms with Crippen LogP contribution in [0.1, 0.15) is 40.5 Å². The summed E-state index contributed by atoms with van der Waals surface area (Å²) in [5.74, 6) is -0.0391. The molecule has 0 aromatic heterocycles. The molecular weight excluding hydrogens is 274 g/mol. The lowest BCUT2D eigenvalue weighted by Crippen LogP contribution is -2.52. The number of ether oxygens (including phenoxy) is 1. The molecule has 1 atom stereocenters. The van der Waals surface area contributed by atoms with E-state index in [-0.39, 0.29) is 18.0 Å². The van der Waals surface area contributed by atoms with Crippen LogP contribution in [0.3, 0.4) is 0 Å². The van der Waals surface area contributed by atoms with Crippen molar-refractivity contribution in [2.75, 3.05) is 26.7 Å². The van der Waals surface area contributed by atoms with Crippen molar-refractivity contribution in [1.82, 2.24) is 15.5 Å². The Kier molecular flexibility index (Phi) is 15.0. The van der Waals surface area contributed by atoms with E-state index in [4.69, 9.17) is 0 Å². The maximum atomic E-state index is 10.5. The van der Waals surface area contributed by atoms with E-state index in [9.17, 15) is 14.4 Å². The number of methoxy groups -OCH3 is 1. The van der Waals surface area contributed by atoms with Crippen molar-refractivity contribution in [2.24, 2.45) is 0 Å². The molecule has 7 heteroatoms. The zero-order chi connectivity index (χ0) is 16.7. The minimum absolute atomic E-state index is 0.0391. The van der Waals surface area contributed by atoms with Gasteiger partial charge in [-0.1, -0.05) is 20.3 Å². The number of amides is 3. The quantitative estimate of drug-likeness (QED) is 0.762. The monoisotopic (exact) mass is 303 g/mol. The molecule has 3 amide bonds. The molecule has 0 aromatic carbocycles. The molecule has 1 aliphatic rings. The van der Waals surface area contributed by atoms with Gasteiger partial charge in [-0.25, -0.2) is 4.79 Å². The Labute approximate surface area is 127 Å². The Hall–Kier alpha value is -1.79. The van der Waals surface area contributed by atoms with Gasteiger partial charge in [0.05, 0.1) is 13.2 Å². The molecule has 0 spiro atoms. The van der Waals surface area contributed by atoms with Gasteiger partial charge >= 0.3 is 6.09 Å². The summed E-state index contributed by atoms with van der Waals surface area (Å²) in [4.78, 5) is 32.5. The summed E-state index contributed by atoms with van der Waals surface area (Å²) in [5.41, 5.74) is 0. The molecule has 124 valence electrons. The molecule has 2 N–H and O–H groups in total. The normalized spacial score (nSPS) is 15.1. The van der Waals surface area contributed by atoms with Crippen LogP contribution >= 0.6 is 0 Å². The van der Waals surface area contributed by atoms with Crippen molar-refractivity contribution in [1.29, 1.82) is 0 Å². The van der Waals surface area contributed by atoms with Crippen LogP contribution in [-0.2, 0) is 14.3 Å². The van der Waals surface area contributed by atoms with E-state index in [1.54, 1.807) is 4.90 Å². The van der Waals surface area contributed by atoms with Gasteiger partial charge in [0.2, 0.25) is 12.3 Å². The minimum Gasteiger partial charge on any atom is -0.453 e. The molecule has 0 saturated carbocycles. The molecule has 7 nitrogen and oxygen atoms in total. The third-order valence-corrected chi connectivity index (χ3v) is 2.42. The van der Waals surface area contributed by atoms with Gasteiger partial charge < -0.3 is 20.3 Å². The highest BCUT2D eigenvalue weighted by Gasteiger charge is 2.25. The Balaban J connectivity index is 0. The van der Waals surface area contributed by atoms with E-state index < -0.39 is 0 Å². The van der Waals surface area contributed by atoms with Crippen LogP contribution in [0.15, 0.2) is 0 Å². The van der Waals surface area contributed by atoms with Crippen LogP contribution in [0.25, 0.3) is 0 Å². The minimum atomic E-state index is -0.373. The van der Waals surface area contributed by atoms with E-state index >= 15 is 0 Å². The largest absolute Gasteiger partial charge is 0.453 e. The molecule has 1 unspecified atom stereocenters. The Morgan fingerprint density at radius 1 is 1.29 bits per heavy atom. The second kappa shape index (κ2) is 14.6. The van der Waals surface area contributed by atoms with E-state index in [2.05, 4.69) is 29.2 Å². The maximum Gasteiger partial charge on any atom is 0.406 e. The van der Waals surface area contributed by atoms with Crippen LogP contribution in [0.5, 0.6) is 0 Å². The number of rotatable bonds is 4. The summed E-state index contributed by atoms with van der Waals surface area (Å²) in [6.45, 7) is 9.59. The molecule has 0 aliphatic carbocycles. The lowest BCUT2D eigenvalue weighted by atomic mass is 10.1. The highest BCUT2D eigenvalue weighted by molar-refractivity contribution is 5.72. The molecule has 0 bridgehead atoms. The Morgan fingerprint density at radius 2 is 1.86 bits per heavy atom. The van der Waals surface area contributed by atoms with Gasteiger partial charge in [-0.3, -0.25) is 9.59 Å². The molecule has 0 radical (unpaired) electrons. The van der Waals surface area contributed by atoms with Crippen molar-refractivity contribution in [3.05, 3.63) is 0 Å². The van der Waals surface area contributed by atoms with E-state index in [1.165, 1.54) is 20.5 Å². The van der Waals surface area contributed by atoms with Crippen molar-refractivity contribution in [3.63, 3.8) is 0 Å². The van der Waals surface area contributed by atoms with Gasteiger partial charge in [0, 0.05) is 26.6 Å². The summed E-state index contributed by atoms with van der Waals surface area (Å²) >= 11 is 0. The van der Waals surface area contributed by atoms with Crippen molar-refractivity contribution in [2.45, 2.75) is 46.6 Å². The standard InChI is InChI=1S/C7H12N2O2.C4H9NO2.C3H8/c1-6(11)8-4-7-2-3-9(7)5-10;1-3-5-4(6)7-2;1-3-2/h5,7H,2-4H2,1H3,(H,8,11);3H2,1-2H3,(H,5,6);3H2,1-2H3. The number of hydrogen-bond donors (Lipinski definition) is 2. The molecular formula is C14H29N3O4. The molecule has 1 aliphatic heterocycles. The lowest BCUT2D eigenvalue weighted by molar-refractivity contribution is -0.126. The first-order valence-electron chi connectivity index (χ1n) is 7.23. The molecule has 1 fully saturated rings. The molecule has 1 rings (SSSR count). The van der Waals surface area contributed by atoms with Gasteiger partial charge in [0.25, 0.3) is 0 Å². The van der Waals surface area contributed by atoms with Gasteiger partial charge in [0.1, 0.15) is 0 Å². The number of carbonyl (C=O) groups is 3. The number of nitrogens with zero attached hydrogens (tertiary/aromatic N) is 1. The predicted molar refractivity (Wildman–Crippen MR) is 81.9 cm³/mol. The zero-order valence-electron chi connectivity index (χ0n) is 13.8. The van der Waals surface area contributed by atoms with Crippen molar-refractivity contribution >= 4 is 18.4 Å². The Morgan fingerprint density at radius 3 is 2.10 bits per heavy atom. The summed E-state index contributed by atoms with van der Waals surface area (Å²) in [5, 5.41) is 5.11. The van der Waals surface area contributed by atoms with Crippen LogP contribution < -0.4 is 10.6 Å². The molecule has 1 saturated heterocycles. The van der Waals surface area contributed by atoms with Gasteiger partial charge in [0.15, 0.2) is 0 Å². The fourth-order valence-electron chi connectivity index (χ4n) is 1.30. The zero-order valence-corrected chi connectivity index (χ0v) is 13.8. The number of alkyl carbamates (subject to hydrolysis) is 1. The number of nitrogens with one attached hydrogen (secondary N) is 2. The number of likely N-dealkylation sites (tertiary alicyclic amines) is 1. The number of carbonyl (C=O) groups excluding carboxylic acids is 3. The summed E-state index contributed by atoms with van der Waals surface area (Å²) in [6, 6.07) is 0.233. The third kappa shape index (κ3) is 13.0.